The fourth-order valence-electron chi connectivity index (χ4n) is 3.42. The molecule has 1 saturated heterocycles. The number of aryl methyl sites for hydroxylation is 1. The molecule has 1 aliphatic rings. The van der Waals surface area contributed by atoms with Crippen molar-refractivity contribution < 1.29 is 13.2 Å². The Bertz CT molecular complexity index is 1180. The van der Waals surface area contributed by atoms with Gasteiger partial charge in [-0.15, -0.1) is 0 Å². The summed E-state index contributed by atoms with van der Waals surface area (Å²) < 4.78 is 32.2. The number of sulfonamides is 1. The van der Waals surface area contributed by atoms with Gasteiger partial charge in [0.05, 0.1) is 29.3 Å². The van der Waals surface area contributed by atoms with Gasteiger partial charge in [-0.25, -0.2) is 13.4 Å². The lowest BCUT2D eigenvalue weighted by atomic mass is 10.1. The number of ether oxygens (including phenoxy) is 1. The van der Waals surface area contributed by atoms with Crippen LogP contribution in [-0.4, -0.2) is 49.7 Å². The first-order valence-corrected chi connectivity index (χ1v) is 11.2. The summed E-state index contributed by atoms with van der Waals surface area (Å²) in [6, 6.07) is 16.7. The predicted molar refractivity (Wildman–Crippen MR) is 118 cm³/mol. The van der Waals surface area contributed by atoms with Crippen molar-refractivity contribution in [3.05, 3.63) is 65.7 Å². The van der Waals surface area contributed by atoms with Crippen LogP contribution in [0.5, 0.6) is 0 Å². The molecule has 0 amide bonds. The highest BCUT2D eigenvalue weighted by atomic mass is 32.2. The molecular weight excluding hydrogens is 400 g/mol. The molecule has 2 heterocycles. The first-order chi connectivity index (χ1) is 14.4. The maximum atomic E-state index is 12.7. The van der Waals surface area contributed by atoms with Crippen LogP contribution >= 0.6 is 0 Å². The lowest BCUT2D eigenvalue weighted by molar-refractivity contribution is 0.0730. The van der Waals surface area contributed by atoms with Gasteiger partial charge in [0, 0.05) is 18.5 Å². The van der Waals surface area contributed by atoms with Crippen molar-refractivity contribution in [1.29, 1.82) is 0 Å². The molecule has 2 aromatic carbocycles. The number of morpholine rings is 1. The highest BCUT2D eigenvalue weighted by Gasteiger charge is 2.26. The van der Waals surface area contributed by atoms with Gasteiger partial charge in [0.2, 0.25) is 10.0 Å². The molecule has 156 valence electrons. The number of hydrogen-bond acceptors (Lipinski definition) is 6. The standard InChI is InChI=1S/C22H24N4O3S/c1-16-15-22(23-21-6-4-3-5-20(16)21)25-24-17(2)18-7-9-19(10-8-18)30(27,28)26-11-13-29-14-12-26/h3-10,15H,11-14H2,1-2H3,(H,23,25)/b24-17+. The van der Waals surface area contributed by atoms with Gasteiger partial charge in [0.25, 0.3) is 0 Å². The number of nitrogens with zero attached hydrogens (tertiary/aromatic N) is 3. The Kier molecular flexibility index (Phi) is 5.80. The summed E-state index contributed by atoms with van der Waals surface area (Å²) in [5.74, 6) is 0.664. The number of hydrazone groups is 1. The number of rotatable bonds is 5. The molecular formula is C22H24N4O3S. The first-order valence-electron chi connectivity index (χ1n) is 9.80. The Balaban J connectivity index is 1.51. The monoisotopic (exact) mass is 424 g/mol. The lowest BCUT2D eigenvalue weighted by Gasteiger charge is -2.26. The summed E-state index contributed by atoms with van der Waals surface area (Å²) in [7, 11) is -3.50. The molecule has 0 bridgehead atoms. The van der Waals surface area contributed by atoms with Crippen molar-refractivity contribution in [2.75, 3.05) is 31.7 Å². The molecule has 1 fully saturated rings. The maximum absolute atomic E-state index is 12.7. The van der Waals surface area contributed by atoms with Crippen LogP contribution in [0.15, 0.2) is 64.6 Å². The zero-order valence-corrected chi connectivity index (χ0v) is 17.8. The molecule has 3 aromatic rings. The fraction of sp³-hybridized carbons (Fsp3) is 0.273. The molecule has 1 N–H and O–H groups in total. The Morgan fingerprint density at radius 3 is 2.53 bits per heavy atom. The summed E-state index contributed by atoms with van der Waals surface area (Å²) in [6.07, 6.45) is 0. The summed E-state index contributed by atoms with van der Waals surface area (Å²) in [6.45, 7) is 5.53. The Morgan fingerprint density at radius 1 is 1.10 bits per heavy atom. The van der Waals surface area contributed by atoms with E-state index in [1.54, 1.807) is 24.3 Å². The van der Waals surface area contributed by atoms with Gasteiger partial charge in [0.15, 0.2) is 0 Å². The second kappa shape index (κ2) is 8.51. The highest BCUT2D eigenvalue weighted by molar-refractivity contribution is 7.89. The number of hydrogen-bond donors (Lipinski definition) is 1. The number of fused-ring (bicyclic) bond motifs is 1. The minimum absolute atomic E-state index is 0.278. The van der Waals surface area contributed by atoms with E-state index in [0.717, 1.165) is 27.7 Å². The fourth-order valence-corrected chi connectivity index (χ4v) is 4.82. The smallest absolute Gasteiger partial charge is 0.243 e. The van der Waals surface area contributed by atoms with Gasteiger partial charge in [-0.2, -0.15) is 9.41 Å². The normalized spacial score (nSPS) is 16.0. The largest absolute Gasteiger partial charge is 0.379 e. The van der Waals surface area contributed by atoms with E-state index in [1.807, 2.05) is 44.2 Å². The highest BCUT2D eigenvalue weighted by Crippen LogP contribution is 2.20. The van der Waals surface area contributed by atoms with E-state index in [-0.39, 0.29) is 4.90 Å². The van der Waals surface area contributed by atoms with Gasteiger partial charge in [-0.1, -0.05) is 30.3 Å². The SMILES string of the molecule is C/C(=N\Nc1cc(C)c2ccccc2n1)c1ccc(S(=O)(=O)N2CCOCC2)cc1. The zero-order valence-electron chi connectivity index (χ0n) is 17.0. The number of nitrogens with one attached hydrogen (secondary N) is 1. The second-order valence-corrected chi connectivity index (χ2v) is 9.13. The maximum Gasteiger partial charge on any atom is 0.243 e. The quantitative estimate of drug-likeness (QED) is 0.501. The summed E-state index contributed by atoms with van der Waals surface area (Å²) in [5.41, 5.74) is 6.60. The summed E-state index contributed by atoms with van der Waals surface area (Å²) in [5, 5.41) is 5.53. The van der Waals surface area contributed by atoms with Crippen LogP contribution < -0.4 is 5.43 Å². The molecule has 0 aliphatic carbocycles. The average molecular weight is 425 g/mol. The summed E-state index contributed by atoms with van der Waals surface area (Å²) >= 11 is 0. The number of para-hydroxylation sites is 1. The van der Waals surface area contributed by atoms with E-state index in [1.165, 1.54) is 4.31 Å². The molecule has 1 aliphatic heterocycles. The van der Waals surface area contributed by atoms with E-state index in [4.69, 9.17) is 4.74 Å². The van der Waals surface area contributed by atoms with E-state index in [0.29, 0.717) is 32.1 Å². The molecule has 0 atom stereocenters. The topological polar surface area (TPSA) is 83.9 Å². The third-order valence-electron chi connectivity index (χ3n) is 5.14. The zero-order chi connectivity index (χ0) is 21.1. The molecule has 30 heavy (non-hydrogen) atoms. The van der Waals surface area contributed by atoms with Crippen LogP contribution in [0, 0.1) is 6.92 Å². The minimum atomic E-state index is -3.50. The molecule has 0 radical (unpaired) electrons. The van der Waals surface area contributed by atoms with Crippen LogP contribution in [0.4, 0.5) is 5.82 Å². The summed E-state index contributed by atoms with van der Waals surface area (Å²) in [4.78, 5) is 4.87. The molecule has 0 unspecified atom stereocenters. The van der Waals surface area contributed by atoms with Gasteiger partial charge in [-0.3, -0.25) is 5.43 Å². The number of aromatic nitrogens is 1. The first kappa shape index (κ1) is 20.5. The van der Waals surface area contributed by atoms with Crippen LogP contribution in [0.2, 0.25) is 0 Å². The van der Waals surface area contributed by atoms with Crippen LogP contribution in [0.25, 0.3) is 10.9 Å². The van der Waals surface area contributed by atoms with E-state index < -0.39 is 10.0 Å². The van der Waals surface area contributed by atoms with Gasteiger partial charge >= 0.3 is 0 Å². The molecule has 0 spiro atoms. The Hall–Kier alpha value is -2.81. The number of anilines is 1. The average Bonchev–Trinajstić information content (AvgIpc) is 2.78. The molecule has 1 aromatic heterocycles. The Morgan fingerprint density at radius 2 is 1.80 bits per heavy atom. The number of pyridine rings is 1. The van der Waals surface area contributed by atoms with Crippen molar-refractivity contribution in [3.63, 3.8) is 0 Å². The van der Waals surface area contributed by atoms with Crippen LogP contribution in [-0.2, 0) is 14.8 Å². The molecule has 4 rings (SSSR count). The van der Waals surface area contributed by atoms with Crippen molar-refractivity contribution >= 4 is 32.5 Å². The molecule has 7 nitrogen and oxygen atoms in total. The third kappa shape index (κ3) is 4.21. The van der Waals surface area contributed by atoms with Crippen molar-refractivity contribution in [2.24, 2.45) is 5.10 Å². The molecule has 0 saturated carbocycles. The van der Waals surface area contributed by atoms with Crippen molar-refractivity contribution in [1.82, 2.24) is 9.29 Å². The van der Waals surface area contributed by atoms with Crippen molar-refractivity contribution in [2.45, 2.75) is 18.7 Å². The van der Waals surface area contributed by atoms with Crippen molar-refractivity contribution in [3.8, 4) is 0 Å². The predicted octanol–water partition coefficient (Wildman–Crippen LogP) is 3.40. The Labute approximate surface area is 176 Å². The lowest BCUT2D eigenvalue weighted by Crippen LogP contribution is -2.40. The van der Waals surface area contributed by atoms with Crippen LogP contribution in [0.3, 0.4) is 0 Å². The molecule has 8 heteroatoms. The van der Waals surface area contributed by atoms with E-state index >= 15 is 0 Å². The van der Waals surface area contributed by atoms with E-state index in [2.05, 4.69) is 15.5 Å². The van der Waals surface area contributed by atoms with E-state index in [9.17, 15) is 8.42 Å². The van der Waals surface area contributed by atoms with Gasteiger partial charge in [0.1, 0.15) is 5.82 Å². The number of benzene rings is 2. The van der Waals surface area contributed by atoms with Gasteiger partial charge in [-0.05, 0) is 49.2 Å². The minimum Gasteiger partial charge on any atom is -0.379 e. The van der Waals surface area contributed by atoms with Crippen LogP contribution in [0.1, 0.15) is 18.1 Å². The third-order valence-corrected chi connectivity index (χ3v) is 7.05. The van der Waals surface area contributed by atoms with Gasteiger partial charge < -0.3 is 4.74 Å². The second-order valence-electron chi connectivity index (χ2n) is 7.19.